The molecule has 0 saturated carbocycles. The Bertz CT molecular complexity index is 768. The van der Waals surface area contributed by atoms with Gasteiger partial charge in [-0.2, -0.15) is 0 Å². The highest BCUT2D eigenvalue weighted by Crippen LogP contribution is 2.26. The highest BCUT2D eigenvalue weighted by molar-refractivity contribution is 7.92. The second-order valence-electron chi connectivity index (χ2n) is 7.14. The topological polar surface area (TPSA) is 97.0 Å². The van der Waals surface area contributed by atoms with Gasteiger partial charge in [0.25, 0.3) is 5.91 Å². The van der Waals surface area contributed by atoms with E-state index in [1.807, 2.05) is 6.92 Å². The summed E-state index contributed by atoms with van der Waals surface area (Å²) in [6, 6.07) is 4.78. The number of methoxy groups -OCH3 is 1. The number of benzene rings is 1. The number of amides is 1. The average molecular weight is 400 g/mol. The standard InChI is InChI=1S/C18H29N3O5S/c1-12-9-19-13(2)11-26-16-7-6-14(20-27(5,23)24)8-15(16)18(22)21(3)10-17(12)25-4/h6-8,12-13,17,19-20H,9-11H2,1-5H3/t12-,13+,17+/m0/s1. The summed E-state index contributed by atoms with van der Waals surface area (Å²) in [6.07, 6.45) is 0.939. The number of nitrogens with zero attached hydrogens (tertiary/aromatic N) is 1. The molecule has 0 fully saturated rings. The van der Waals surface area contributed by atoms with Gasteiger partial charge in [0.2, 0.25) is 10.0 Å². The molecule has 0 unspecified atom stereocenters. The van der Waals surface area contributed by atoms with E-state index in [-0.39, 0.29) is 24.0 Å². The molecule has 8 nitrogen and oxygen atoms in total. The van der Waals surface area contributed by atoms with E-state index in [1.165, 1.54) is 6.07 Å². The highest BCUT2D eigenvalue weighted by Gasteiger charge is 2.25. The van der Waals surface area contributed by atoms with Crippen molar-refractivity contribution in [2.24, 2.45) is 5.92 Å². The maximum absolute atomic E-state index is 13.0. The quantitative estimate of drug-likeness (QED) is 0.792. The van der Waals surface area contributed by atoms with Crippen LogP contribution in [0.25, 0.3) is 0 Å². The van der Waals surface area contributed by atoms with E-state index in [4.69, 9.17) is 9.47 Å². The van der Waals surface area contributed by atoms with Gasteiger partial charge < -0.3 is 19.7 Å². The molecule has 2 rings (SSSR count). The lowest BCUT2D eigenvalue weighted by Crippen LogP contribution is -2.44. The minimum atomic E-state index is -3.45. The molecule has 9 heteroatoms. The molecule has 0 bridgehead atoms. The van der Waals surface area contributed by atoms with Crippen LogP contribution in [0.1, 0.15) is 24.2 Å². The van der Waals surface area contributed by atoms with Crippen LogP contribution in [0.5, 0.6) is 5.75 Å². The first-order valence-electron chi connectivity index (χ1n) is 8.87. The Morgan fingerprint density at radius 1 is 1.33 bits per heavy atom. The van der Waals surface area contributed by atoms with E-state index in [0.717, 1.165) is 12.8 Å². The summed E-state index contributed by atoms with van der Waals surface area (Å²) in [6.45, 7) is 5.62. The summed E-state index contributed by atoms with van der Waals surface area (Å²) in [7, 11) is -0.113. The normalized spacial score (nSPS) is 25.0. The van der Waals surface area contributed by atoms with Gasteiger partial charge in [0, 0.05) is 39.0 Å². The summed E-state index contributed by atoms with van der Waals surface area (Å²) >= 11 is 0. The number of anilines is 1. The highest BCUT2D eigenvalue weighted by atomic mass is 32.2. The predicted molar refractivity (Wildman–Crippen MR) is 105 cm³/mol. The van der Waals surface area contributed by atoms with Crippen LogP contribution in [-0.2, 0) is 14.8 Å². The van der Waals surface area contributed by atoms with Gasteiger partial charge in [-0.15, -0.1) is 0 Å². The molecule has 1 amide bonds. The smallest absolute Gasteiger partial charge is 0.257 e. The van der Waals surface area contributed by atoms with E-state index in [0.29, 0.717) is 30.2 Å². The molecule has 0 radical (unpaired) electrons. The molecule has 0 spiro atoms. The van der Waals surface area contributed by atoms with Crippen molar-refractivity contribution in [3.05, 3.63) is 23.8 Å². The van der Waals surface area contributed by atoms with Crippen molar-refractivity contribution in [2.75, 3.05) is 44.8 Å². The summed E-state index contributed by atoms with van der Waals surface area (Å²) < 4.78 is 36.9. The number of ether oxygens (including phenoxy) is 2. The molecular weight excluding hydrogens is 370 g/mol. The zero-order valence-corrected chi connectivity index (χ0v) is 17.3. The molecule has 0 aliphatic carbocycles. The first-order chi connectivity index (χ1) is 12.6. The van der Waals surface area contributed by atoms with Gasteiger partial charge >= 0.3 is 0 Å². The number of carbonyl (C=O) groups is 1. The van der Waals surface area contributed by atoms with Gasteiger partial charge in [0.05, 0.1) is 17.9 Å². The van der Waals surface area contributed by atoms with Crippen LogP contribution in [0.15, 0.2) is 18.2 Å². The Kier molecular flexibility index (Phi) is 7.07. The summed E-state index contributed by atoms with van der Waals surface area (Å²) in [5.41, 5.74) is 0.623. The van der Waals surface area contributed by atoms with Crippen molar-refractivity contribution in [3.8, 4) is 5.75 Å². The third-order valence-corrected chi connectivity index (χ3v) is 5.13. The van der Waals surface area contributed by atoms with Crippen molar-refractivity contribution >= 4 is 21.6 Å². The van der Waals surface area contributed by atoms with Gasteiger partial charge in [-0.3, -0.25) is 9.52 Å². The van der Waals surface area contributed by atoms with Crippen molar-refractivity contribution in [1.82, 2.24) is 10.2 Å². The van der Waals surface area contributed by atoms with E-state index in [2.05, 4.69) is 17.0 Å². The summed E-state index contributed by atoms with van der Waals surface area (Å²) in [5, 5.41) is 3.41. The fourth-order valence-electron chi connectivity index (χ4n) is 2.94. The fraction of sp³-hybridized carbons (Fsp3) is 0.611. The van der Waals surface area contributed by atoms with Gasteiger partial charge in [0.1, 0.15) is 12.4 Å². The summed E-state index contributed by atoms with van der Waals surface area (Å²) in [5.74, 6) is 0.365. The number of nitrogens with one attached hydrogen (secondary N) is 2. The molecule has 1 aromatic carbocycles. The molecule has 1 aliphatic rings. The summed E-state index contributed by atoms with van der Waals surface area (Å²) in [4.78, 5) is 14.6. The minimum absolute atomic E-state index is 0.0823. The lowest BCUT2D eigenvalue weighted by molar-refractivity contribution is 0.0281. The van der Waals surface area contributed by atoms with Gasteiger partial charge in [-0.25, -0.2) is 8.42 Å². The van der Waals surface area contributed by atoms with Crippen molar-refractivity contribution in [1.29, 1.82) is 0 Å². The van der Waals surface area contributed by atoms with E-state index in [9.17, 15) is 13.2 Å². The first-order valence-corrected chi connectivity index (χ1v) is 10.8. The Morgan fingerprint density at radius 2 is 2.04 bits per heavy atom. The number of carbonyl (C=O) groups excluding carboxylic acids is 1. The lowest BCUT2D eigenvalue weighted by atomic mass is 10.0. The van der Waals surface area contributed by atoms with Crippen molar-refractivity contribution < 1.29 is 22.7 Å². The maximum Gasteiger partial charge on any atom is 0.257 e. The maximum atomic E-state index is 13.0. The number of sulfonamides is 1. The monoisotopic (exact) mass is 399 g/mol. The van der Waals surface area contributed by atoms with Crippen LogP contribution in [0, 0.1) is 5.92 Å². The van der Waals surface area contributed by atoms with Crippen LogP contribution in [0.3, 0.4) is 0 Å². The predicted octanol–water partition coefficient (Wildman–Crippen LogP) is 1.15. The van der Waals surface area contributed by atoms with Crippen LogP contribution in [0.4, 0.5) is 5.69 Å². The Balaban J connectivity index is 2.40. The third-order valence-electron chi connectivity index (χ3n) is 4.53. The molecule has 27 heavy (non-hydrogen) atoms. The Morgan fingerprint density at radius 3 is 2.67 bits per heavy atom. The van der Waals surface area contributed by atoms with Crippen LogP contribution in [0.2, 0.25) is 0 Å². The van der Waals surface area contributed by atoms with E-state index >= 15 is 0 Å². The molecule has 0 aromatic heterocycles. The van der Waals surface area contributed by atoms with Gasteiger partial charge in [-0.1, -0.05) is 6.92 Å². The molecule has 1 aromatic rings. The molecule has 3 atom stereocenters. The Labute approximate surface area is 161 Å². The molecule has 2 N–H and O–H groups in total. The molecule has 152 valence electrons. The van der Waals surface area contributed by atoms with Crippen molar-refractivity contribution in [3.63, 3.8) is 0 Å². The SMILES string of the molecule is CO[C@@H]1CN(C)C(=O)c2cc(NS(C)(=O)=O)ccc2OC[C@@H](C)NC[C@@H]1C. The van der Waals surface area contributed by atoms with E-state index in [1.54, 1.807) is 31.2 Å². The lowest BCUT2D eigenvalue weighted by Gasteiger charge is -2.30. The third kappa shape index (κ3) is 6.08. The zero-order chi connectivity index (χ0) is 20.2. The fourth-order valence-corrected chi connectivity index (χ4v) is 3.49. The molecule has 1 aliphatic heterocycles. The van der Waals surface area contributed by atoms with Crippen LogP contribution >= 0.6 is 0 Å². The van der Waals surface area contributed by atoms with Gasteiger partial charge in [-0.05, 0) is 31.0 Å². The number of rotatable bonds is 3. The van der Waals surface area contributed by atoms with Crippen molar-refractivity contribution in [2.45, 2.75) is 26.0 Å². The van der Waals surface area contributed by atoms with Crippen LogP contribution < -0.4 is 14.8 Å². The molecule has 1 heterocycles. The molecular formula is C18H29N3O5S. The number of fused-ring (bicyclic) bond motifs is 1. The second-order valence-corrected chi connectivity index (χ2v) is 8.89. The number of hydrogen-bond acceptors (Lipinski definition) is 6. The second kappa shape index (κ2) is 8.90. The minimum Gasteiger partial charge on any atom is -0.491 e. The number of likely N-dealkylation sites (N-methyl/N-ethyl adjacent to an activating group) is 1. The molecule has 0 saturated heterocycles. The number of hydrogen-bond donors (Lipinski definition) is 2. The average Bonchev–Trinajstić information content (AvgIpc) is 2.60. The largest absolute Gasteiger partial charge is 0.491 e. The van der Waals surface area contributed by atoms with E-state index < -0.39 is 10.0 Å². The Hall–Kier alpha value is -1.84. The van der Waals surface area contributed by atoms with Gasteiger partial charge in [0.15, 0.2) is 0 Å². The first kappa shape index (κ1) is 21.5. The zero-order valence-electron chi connectivity index (χ0n) is 16.5. The van der Waals surface area contributed by atoms with Crippen LogP contribution in [-0.4, -0.2) is 71.5 Å².